The number of methoxy groups -OCH3 is 1. The highest BCUT2D eigenvalue weighted by molar-refractivity contribution is 9.10. The molecule has 1 fully saturated rings. The van der Waals surface area contributed by atoms with Crippen LogP contribution in [0.1, 0.15) is 49.1 Å². The molecule has 2 nitrogen and oxygen atoms in total. The predicted octanol–water partition coefficient (Wildman–Crippen LogP) is 4.01. The van der Waals surface area contributed by atoms with E-state index < -0.39 is 0 Å². The van der Waals surface area contributed by atoms with Crippen molar-refractivity contribution in [2.75, 3.05) is 13.7 Å². The van der Waals surface area contributed by atoms with Gasteiger partial charge in [0, 0.05) is 0 Å². The minimum atomic E-state index is 0.675. The largest absolute Gasteiger partial charge is 0.495 e. The van der Waals surface area contributed by atoms with Gasteiger partial charge in [-0.3, -0.25) is 0 Å². The second kappa shape index (κ2) is 6.58. The van der Waals surface area contributed by atoms with Crippen LogP contribution >= 0.6 is 15.9 Å². The van der Waals surface area contributed by atoms with Crippen LogP contribution in [0.25, 0.3) is 0 Å². The maximum atomic E-state index is 5.59. The van der Waals surface area contributed by atoms with Crippen LogP contribution in [0, 0.1) is 0 Å². The summed E-state index contributed by atoms with van der Waals surface area (Å²) in [4.78, 5) is 0. The second-order valence-electron chi connectivity index (χ2n) is 5.07. The number of aryl methyl sites for hydroxylation is 1. The Balaban J connectivity index is 2.30. The Morgan fingerprint density at radius 2 is 2.06 bits per heavy atom. The molecule has 1 saturated carbocycles. The van der Waals surface area contributed by atoms with E-state index in [4.69, 9.17) is 10.5 Å². The lowest BCUT2D eigenvalue weighted by molar-refractivity contribution is 0.402. The molecule has 1 aliphatic rings. The molecule has 0 aliphatic heterocycles. The van der Waals surface area contributed by atoms with Crippen LogP contribution in [0.3, 0.4) is 0 Å². The lowest BCUT2D eigenvalue weighted by Crippen LogP contribution is -2.03. The van der Waals surface area contributed by atoms with Crippen molar-refractivity contribution in [3.8, 4) is 5.75 Å². The molecular weight excluding hydrogens is 290 g/mol. The van der Waals surface area contributed by atoms with Gasteiger partial charge in [-0.05, 0) is 71.3 Å². The average molecular weight is 312 g/mol. The molecule has 1 aliphatic carbocycles. The Morgan fingerprint density at radius 1 is 1.33 bits per heavy atom. The number of hydrogen-bond donors (Lipinski definition) is 1. The first-order valence-electron chi connectivity index (χ1n) is 6.82. The number of rotatable bonds is 5. The summed E-state index contributed by atoms with van der Waals surface area (Å²) in [6.45, 7) is 0.752. The molecular formula is C15H22BrNO. The summed E-state index contributed by atoms with van der Waals surface area (Å²) in [5.74, 6) is 1.70. The van der Waals surface area contributed by atoms with Crippen molar-refractivity contribution in [3.63, 3.8) is 0 Å². The van der Waals surface area contributed by atoms with Crippen LogP contribution in [0.2, 0.25) is 0 Å². The zero-order valence-corrected chi connectivity index (χ0v) is 12.6. The van der Waals surface area contributed by atoms with Crippen LogP contribution in [0.15, 0.2) is 16.6 Å². The maximum absolute atomic E-state index is 5.59. The quantitative estimate of drug-likeness (QED) is 0.891. The van der Waals surface area contributed by atoms with Crippen LogP contribution < -0.4 is 10.5 Å². The fourth-order valence-corrected chi connectivity index (χ4v) is 3.56. The molecule has 0 saturated heterocycles. The van der Waals surface area contributed by atoms with Gasteiger partial charge in [-0.25, -0.2) is 0 Å². The third-order valence-corrected chi connectivity index (χ3v) is 4.39. The van der Waals surface area contributed by atoms with Crippen molar-refractivity contribution in [3.05, 3.63) is 27.7 Å². The molecule has 18 heavy (non-hydrogen) atoms. The summed E-state index contributed by atoms with van der Waals surface area (Å²) >= 11 is 3.64. The molecule has 0 aromatic heterocycles. The van der Waals surface area contributed by atoms with Crippen molar-refractivity contribution >= 4 is 15.9 Å². The molecule has 2 rings (SSSR count). The highest BCUT2D eigenvalue weighted by atomic mass is 79.9. The average Bonchev–Trinajstić information content (AvgIpc) is 2.89. The smallest absolute Gasteiger partial charge is 0.136 e. The van der Waals surface area contributed by atoms with Crippen LogP contribution in [-0.2, 0) is 6.42 Å². The van der Waals surface area contributed by atoms with E-state index >= 15 is 0 Å². The highest BCUT2D eigenvalue weighted by Crippen LogP contribution is 2.42. The first kappa shape index (κ1) is 13.9. The summed E-state index contributed by atoms with van der Waals surface area (Å²) in [7, 11) is 1.76. The van der Waals surface area contributed by atoms with Crippen molar-refractivity contribution < 1.29 is 4.74 Å². The van der Waals surface area contributed by atoms with Gasteiger partial charge in [-0.1, -0.05) is 18.9 Å². The van der Waals surface area contributed by atoms with Gasteiger partial charge in [0.1, 0.15) is 5.75 Å². The summed E-state index contributed by atoms with van der Waals surface area (Å²) in [6, 6.07) is 4.50. The van der Waals surface area contributed by atoms with Gasteiger partial charge >= 0.3 is 0 Å². The number of benzene rings is 1. The fraction of sp³-hybridized carbons (Fsp3) is 0.600. The van der Waals surface area contributed by atoms with E-state index in [0.29, 0.717) is 5.92 Å². The first-order chi connectivity index (χ1) is 8.76. The van der Waals surface area contributed by atoms with E-state index in [1.165, 1.54) is 36.8 Å². The minimum absolute atomic E-state index is 0.675. The molecule has 0 unspecified atom stereocenters. The summed E-state index contributed by atoms with van der Waals surface area (Å²) < 4.78 is 6.66. The lowest BCUT2D eigenvalue weighted by atomic mass is 9.94. The van der Waals surface area contributed by atoms with Crippen molar-refractivity contribution in [1.82, 2.24) is 0 Å². The Hall–Kier alpha value is -0.540. The topological polar surface area (TPSA) is 35.2 Å². The minimum Gasteiger partial charge on any atom is -0.495 e. The lowest BCUT2D eigenvalue weighted by Gasteiger charge is -2.17. The number of nitrogens with two attached hydrogens (primary N) is 1. The van der Waals surface area contributed by atoms with E-state index in [1.54, 1.807) is 7.11 Å². The molecule has 2 N–H and O–H groups in total. The van der Waals surface area contributed by atoms with E-state index in [1.807, 2.05) is 0 Å². The van der Waals surface area contributed by atoms with E-state index in [0.717, 1.165) is 29.6 Å². The summed E-state index contributed by atoms with van der Waals surface area (Å²) in [5, 5.41) is 0. The Kier molecular flexibility index (Phi) is 5.07. The number of hydrogen-bond acceptors (Lipinski definition) is 2. The van der Waals surface area contributed by atoms with Crippen LogP contribution in [-0.4, -0.2) is 13.7 Å². The second-order valence-corrected chi connectivity index (χ2v) is 5.93. The third-order valence-electron chi connectivity index (χ3n) is 3.80. The van der Waals surface area contributed by atoms with Crippen LogP contribution in [0.5, 0.6) is 5.75 Å². The molecule has 0 amide bonds. The van der Waals surface area contributed by atoms with Gasteiger partial charge in [0.25, 0.3) is 0 Å². The SMILES string of the molecule is COc1c(Br)cc(CCCN)cc1C1CCCC1. The van der Waals surface area contributed by atoms with Gasteiger partial charge in [-0.2, -0.15) is 0 Å². The van der Waals surface area contributed by atoms with Crippen molar-refractivity contribution in [2.45, 2.75) is 44.4 Å². The van der Waals surface area contributed by atoms with E-state index in [9.17, 15) is 0 Å². The zero-order valence-electron chi connectivity index (χ0n) is 11.0. The molecule has 1 aromatic carbocycles. The fourth-order valence-electron chi connectivity index (χ4n) is 2.88. The molecule has 0 radical (unpaired) electrons. The Bertz CT molecular complexity index is 400. The monoisotopic (exact) mass is 311 g/mol. The molecule has 0 spiro atoms. The molecule has 1 aromatic rings. The molecule has 0 bridgehead atoms. The Morgan fingerprint density at radius 3 is 2.67 bits per heavy atom. The number of halogens is 1. The predicted molar refractivity (Wildman–Crippen MR) is 79.3 cm³/mol. The summed E-state index contributed by atoms with van der Waals surface area (Å²) in [6.07, 6.45) is 7.38. The van der Waals surface area contributed by atoms with Gasteiger partial charge in [-0.15, -0.1) is 0 Å². The van der Waals surface area contributed by atoms with Gasteiger partial charge < -0.3 is 10.5 Å². The standard InChI is InChI=1S/C15H22BrNO/c1-18-15-13(12-6-2-3-7-12)9-11(5-4-8-17)10-14(15)16/h9-10,12H,2-8,17H2,1H3. The third kappa shape index (κ3) is 3.07. The van der Waals surface area contributed by atoms with Gasteiger partial charge in [0.2, 0.25) is 0 Å². The van der Waals surface area contributed by atoms with E-state index in [-0.39, 0.29) is 0 Å². The Labute approximate surface area is 118 Å². The van der Waals surface area contributed by atoms with Crippen molar-refractivity contribution in [2.24, 2.45) is 5.73 Å². The highest BCUT2D eigenvalue weighted by Gasteiger charge is 2.22. The zero-order chi connectivity index (χ0) is 13.0. The molecule has 3 heteroatoms. The first-order valence-corrected chi connectivity index (χ1v) is 7.62. The van der Waals surface area contributed by atoms with Crippen molar-refractivity contribution in [1.29, 1.82) is 0 Å². The maximum Gasteiger partial charge on any atom is 0.136 e. The molecule has 0 atom stereocenters. The number of ether oxygens (including phenoxy) is 1. The normalized spacial score (nSPS) is 16.2. The van der Waals surface area contributed by atoms with Gasteiger partial charge in [0.15, 0.2) is 0 Å². The van der Waals surface area contributed by atoms with Crippen LogP contribution in [0.4, 0.5) is 0 Å². The summed E-state index contributed by atoms with van der Waals surface area (Å²) in [5.41, 5.74) is 8.35. The van der Waals surface area contributed by atoms with Gasteiger partial charge in [0.05, 0.1) is 11.6 Å². The molecule has 0 heterocycles. The molecule has 100 valence electrons. The van der Waals surface area contributed by atoms with E-state index in [2.05, 4.69) is 28.1 Å².